The lowest BCUT2D eigenvalue weighted by molar-refractivity contribution is -0.115. The number of thiol groups is 2. The van der Waals surface area contributed by atoms with E-state index in [-0.39, 0.29) is 5.78 Å². The number of ketones is 1. The van der Waals surface area contributed by atoms with E-state index in [0.29, 0.717) is 11.8 Å². The van der Waals surface area contributed by atoms with E-state index in [1.54, 1.807) is 0 Å². The van der Waals surface area contributed by atoms with Gasteiger partial charge < -0.3 is 0 Å². The number of halogens is 1. The molecule has 1 aromatic rings. The fourth-order valence-corrected chi connectivity index (χ4v) is 1.85. The number of Topliss-reactive ketones (excluding diaryl/α,β-unsaturated/α-hetero) is 1. The second-order valence-corrected chi connectivity index (χ2v) is 4.15. The summed E-state index contributed by atoms with van der Waals surface area (Å²) in [6.07, 6.45) is 0.393. The molecule has 0 radical (unpaired) electrons. The minimum absolute atomic E-state index is 0.136. The van der Waals surface area contributed by atoms with Gasteiger partial charge in [-0.05, 0) is 17.7 Å². The van der Waals surface area contributed by atoms with Gasteiger partial charge in [-0.15, -0.1) is 25.3 Å². The maximum absolute atomic E-state index is 11.2. The highest BCUT2D eigenvalue weighted by Crippen LogP contribution is 2.22. The molecule has 0 fully saturated rings. The van der Waals surface area contributed by atoms with Gasteiger partial charge in [-0.25, -0.2) is 0 Å². The third-order valence-corrected chi connectivity index (χ3v) is 3.11. The quantitative estimate of drug-likeness (QED) is 0.642. The van der Waals surface area contributed by atoms with Crippen molar-refractivity contribution in [3.8, 4) is 0 Å². The van der Waals surface area contributed by atoms with Crippen molar-refractivity contribution in [2.75, 3.05) is 5.33 Å². The van der Waals surface area contributed by atoms with Gasteiger partial charge in [0.25, 0.3) is 0 Å². The van der Waals surface area contributed by atoms with E-state index in [0.717, 1.165) is 15.4 Å². The number of carbonyl (C=O) groups excluding carboxylic acids is 1. The average molecular weight is 277 g/mol. The van der Waals surface area contributed by atoms with Gasteiger partial charge in [-0.3, -0.25) is 4.79 Å². The molecule has 0 N–H and O–H groups in total. The Morgan fingerprint density at radius 1 is 1.31 bits per heavy atom. The molecule has 0 bridgehead atoms. The van der Waals surface area contributed by atoms with Crippen LogP contribution in [0.1, 0.15) is 5.56 Å². The van der Waals surface area contributed by atoms with E-state index in [1.165, 1.54) is 0 Å². The van der Waals surface area contributed by atoms with Crippen molar-refractivity contribution >= 4 is 47.0 Å². The van der Waals surface area contributed by atoms with Crippen LogP contribution >= 0.6 is 41.2 Å². The fourth-order valence-electron chi connectivity index (χ4n) is 0.988. The molecule has 0 aliphatic rings. The minimum Gasteiger partial charge on any atom is -0.298 e. The van der Waals surface area contributed by atoms with Crippen molar-refractivity contribution in [1.82, 2.24) is 0 Å². The highest BCUT2D eigenvalue weighted by Gasteiger charge is 2.07. The Morgan fingerprint density at radius 2 is 1.85 bits per heavy atom. The largest absolute Gasteiger partial charge is 0.298 e. The number of rotatable bonds is 3. The summed E-state index contributed by atoms with van der Waals surface area (Å²) in [6.45, 7) is 0. The summed E-state index contributed by atoms with van der Waals surface area (Å²) in [5.41, 5.74) is 0.901. The van der Waals surface area contributed by atoms with Crippen molar-refractivity contribution in [2.24, 2.45) is 0 Å². The van der Waals surface area contributed by atoms with E-state index in [1.807, 2.05) is 18.2 Å². The standard InChI is InChI=1S/C9H9BrOS2/c10-5-6(11)4-7-8(12)2-1-3-9(7)13/h1-3,12-13H,4-5H2. The highest BCUT2D eigenvalue weighted by atomic mass is 79.9. The van der Waals surface area contributed by atoms with Crippen LogP contribution < -0.4 is 0 Å². The first kappa shape index (κ1) is 11.1. The monoisotopic (exact) mass is 276 g/mol. The maximum Gasteiger partial charge on any atom is 0.147 e. The third kappa shape index (κ3) is 3.04. The van der Waals surface area contributed by atoms with Crippen molar-refractivity contribution in [1.29, 1.82) is 0 Å². The Hall–Kier alpha value is 0.0700. The van der Waals surface area contributed by atoms with Gasteiger partial charge in [0.2, 0.25) is 0 Å². The van der Waals surface area contributed by atoms with Gasteiger partial charge in [0.05, 0.1) is 5.33 Å². The molecule has 0 heterocycles. The molecule has 0 aliphatic carbocycles. The summed E-state index contributed by atoms with van der Waals surface area (Å²) in [5.74, 6) is 0.136. The Bertz CT molecular complexity index is 305. The Kier molecular flexibility index (Phi) is 4.35. The molecule has 0 saturated heterocycles. The molecule has 70 valence electrons. The van der Waals surface area contributed by atoms with Crippen LogP contribution in [0.4, 0.5) is 0 Å². The summed E-state index contributed by atoms with van der Waals surface area (Å²) in [5, 5.41) is 0.377. The second-order valence-electron chi connectivity index (χ2n) is 2.62. The molecule has 1 nitrogen and oxygen atoms in total. The Labute approximate surface area is 96.9 Å². The van der Waals surface area contributed by atoms with Gasteiger partial charge in [0, 0.05) is 16.2 Å². The van der Waals surface area contributed by atoms with E-state index < -0.39 is 0 Å². The molecule has 0 amide bonds. The average Bonchev–Trinajstić information content (AvgIpc) is 2.11. The minimum atomic E-state index is 0.136. The molecule has 0 saturated carbocycles. The van der Waals surface area contributed by atoms with Crippen LogP contribution in [0.25, 0.3) is 0 Å². The van der Waals surface area contributed by atoms with Crippen LogP contribution in [0.5, 0.6) is 0 Å². The molecule has 13 heavy (non-hydrogen) atoms. The number of alkyl halides is 1. The lowest BCUT2D eigenvalue weighted by Crippen LogP contribution is -2.04. The SMILES string of the molecule is O=C(CBr)Cc1c(S)cccc1S. The highest BCUT2D eigenvalue weighted by molar-refractivity contribution is 9.09. The summed E-state index contributed by atoms with van der Waals surface area (Å²) in [6, 6.07) is 5.59. The maximum atomic E-state index is 11.2. The van der Waals surface area contributed by atoms with Crippen molar-refractivity contribution < 1.29 is 4.79 Å². The predicted octanol–water partition coefficient (Wildman–Crippen LogP) is 2.77. The summed E-state index contributed by atoms with van der Waals surface area (Å²) < 4.78 is 0. The molecule has 1 aromatic carbocycles. The molecule has 1 rings (SSSR count). The van der Waals surface area contributed by atoms with Crippen LogP contribution in [0.2, 0.25) is 0 Å². The zero-order chi connectivity index (χ0) is 9.84. The van der Waals surface area contributed by atoms with E-state index in [4.69, 9.17) is 0 Å². The summed E-state index contributed by atoms with van der Waals surface area (Å²) >= 11 is 11.7. The van der Waals surface area contributed by atoms with Crippen molar-refractivity contribution in [2.45, 2.75) is 16.2 Å². The normalized spacial score (nSPS) is 10.1. The van der Waals surface area contributed by atoms with Gasteiger partial charge in [0.15, 0.2) is 0 Å². The zero-order valence-electron chi connectivity index (χ0n) is 6.83. The van der Waals surface area contributed by atoms with Crippen LogP contribution in [-0.2, 0) is 11.2 Å². The van der Waals surface area contributed by atoms with E-state index in [9.17, 15) is 4.79 Å². The molecular weight excluding hydrogens is 268 g/mol. The number of carbonyl (C=O) groups is 1. The third-order valence-electron chi connectivity index (χ3n) is 1.65. The first-order chi connectivity index (χ1) is 6.15. The second kappa shape index (κ2) is 5.08. The molecular formula is C9H9BrOS2. The molecule has 0 atom stereocenters. The van der Waals surface area contributed by atoms with Gasteiger partial charge >= 0.3 is 0 Å². The van der Waals surface area contributed by atoms with Gasteiger partial charge in [-0.1, -0.05) is 22.0 Å². The Morgan fingerprint density at radius 3 is 2.31 bits per heavy atom. The molecule has 0 aliphatic heterocycles. The van der Waals surface area contributed by atoms with Crippen molar-refractivity contribution in [3.63, 3.8) is 0 Å². The van der Waals surface area contributed by atoms with E-state index in [2.05, 4.69) is 41.2 Å². The number of hydrogen-bond acceptors (Lipinski definition) is 3. The van der Waals surface area contributed by atoms with E-state index >= 15 is 0 Å². The first-order valence-corrected chi connectivity index (χ1v) is 5.74. The Balaban J connectivity index is 2.93. The predicted molar refractivity (Wildman–Crippen MR) is 63.5 cm³/mol. The lowest BCUT2D eigenvalue weighted by atomic mass is 10.1. The van der Waals surface area contributed by atoms with Gasteiger partial charge in [0.1, 0.15) is 5.78 Å². The number of benzene rings is 1. The van der Waals surface area contributed by atoms with Crippen molar-refractivity contribution in [3.05, 3.63) is 23.8 Å². The van der Waals surface area contributed by atoms with Crippen LogP contribution in [0, 0.1) is 0 Å². The summed E-state index contributed by atoms with van der Waals surface area (Å²) in [4.78, 5) is 12.8. The fraction of sp³-hybridized carbons (Fsp3) is 0.222. The lowest BCUT2D eigenvalue weighted by Gasteiger charge is -2.05. The molecule has 0 aromatic heterocycles. The van der Waals surface area contributed by atoms with Gasteiger partial charge in [-0.2, -0.15) is 0 Å². The molecule has 0 spiro atoms. The topological polar surface area (TPSA) is 17.1 Å². The van der Waals surface area contributed by atoms with Crippen LogP contribution in [-0.4, -0.2) is 11.1 Å². The molecule has 0 unspecified atom stereocenters. The first-order valence-electron chi connectivity index (χ1n) is 3.72. The smallest absolute Gasteiger partial charge is 0.147 e. The van der Waals surface area contributed by atoms with Crippen LogP contribution in [0.3, 0.4) is 0 Å². The molecule has 4 heteroatoms. The zero-order valence-corrected chi connectivity index (χ0v) is 10.2. The van der Waals surface area contributed by atoms with Crippen LogP contribution in [0.15, 0.2) is 28.0 Å². The number of hydrogen-bond donors (Lipinski definition) is 2. The summed E-state index contributed by atoms with van der Waals surface area (Å²) in [7, 11) is 0.